The van der Waals surface area contributed by atoms with Gasteiger partial charge in [0.15, 0.2) is 0 Å². The number of benzene rings is 1. The summed E-state index contributed by atoms with van der Waals surface area (Å²) < 4.78 is 25.8. The van der Waals surface area contributed by atoms with Crippen molar-refractivity contribution in [3.63, 3.8) is 0 Å². The third-order valence-corrected chi connectivity index (χ3v) is 5.79. The first-order chi connectivity index (χ1) is 9.00. The average Bonchev–Trinajstić information content (AvgIpc) is 2.39. The Bertz CT molecular complexity index is 544. The number of rotatable bonds is 4. The van der Waals surface area contributed by atoms with Crippen LogP contribution < -0.4 is 0 Å². The van der Waals surface area contributed by atoms with Crippen LogP contribution in [0.3, 0.4) is 0 Å². The van der Waals surface area contributed by atoms with Gasteiger partial charge in [0.2, 0.25) is 10.0 Å². The van der Waals surface area contributed by atoms with Crippen molar-refractivity contribution < 1.29 is 18.3 Å². The van der Waals surface area contributed by atoms with E-state index in [1.54, 1.807) is 24.3 Å². The second kappa shape index (κ2) is 5.94. The third-order valence-electron chi connectivity index (χ3n) is 2.91. The second-order valence-corrected chi connectivity index (χ2v) is 7.35. The maximum absolute atomic E-state index is 12.3. The van der Waals surface area contributed by atoms with Gasteiger partial charge in [0.1, 0.15) is 6.04 Å². The van der Waals surface area contributed by atoms with Crippen molar-refractivity contribution in [2.75, 3.05) is 18.1 Å². The smallest absolute Gasteiger partial charge is 0.322 e. The van der Waals surface area contributed by atoms with E-state index in [0.717, 1.165) is 4.31 Å². The minimum atomic E-state index is -3.59. The van der Waals surface area contributed by atoms with Crippen molar-refractivity contribution >= 4 is 27.8 Å². The molecule has 0 aliphatic carbocycles. The summed E-state index contributed by atoms with van der Waals surface area (Å²) in [6, 6.07) is 7.86. The quantitative estimate of drug-likeness (QED) is 0.898. The lowest BCUT2D eigenvalue weighted by Crippen LogP contribution is -2.50. The predicted octanol–water partition coefficient (Wildman–Crippen LogP) is 1.02. The van der Waals surface area contributed by atoms with Crippen LogP contribution >= 0.6 is 11.8 Å². The molecule has 0 amide bonds. The molecule has 0 radical (unpaired) electrons. The molecule has 0 aromatic heterocycles. The molecule has 1 heterocycles. The van der Waals surface area contributed by atoms with Crippen LogP contribution in [0.15, 0.2) is 30.3 Å². The van der Waals surface area contributed by atoms with E-state index in [1.807, 2.05) is 6.07 Å². The van der Waals surface area contributed by atoms with E-state index in [9.17, 15) is 13.2 Å². The lowest BCUT2D eigenvalue weighted by molar-refractivity contribution is -0.140. The molecule has 1 N–H and O–H groups in total. The Hall–Kier alpha value is -1.05. The standard InChI is InChI=1S/C12H15NO4S2/c14-12(15)11-8-18-7-6-13(11)19(16,17)9-10-4-2-1-3-5-10/h1-5,11H,6-9H2,(H,14,15). The number of nitrogens with zero attached hydrogens (tertiary/aromatic N) is 1. The Kier molecular flexibility index (Phi) is 4.49. The zero-order valence-electron chi connectivity index (χ0n) is 10.2. The first-order valence-corrected chi connectivity index (χ1v) is 8.61. The molecule has 19 heavy (non-hydrogen) atoms. The van der Waals surface area contributed by atoms with Crippen molar-refractivity contribution in [3.8, 4) is 0 Å². The highest BCUT2D eigenvalue weighted by atomic mass is 32.2. The second-order valence-electron chi connectivity index (χ2n) is 4.28. The molecule has 5 nitrogen and oxygen atoms in total. The molecule has 1 aliphatic rings. The van der Waals surface area contributed by atoms with Gasteiger partial charge in [-0.3, -0.25) is 4.79 Å². The molecule has 2 rings (SSSR count). The van der Waals surface area contributed by atoms with Gasteiger partial charge in [0, 0.05) is 18.1 Å². The Morgan fingerprint density at radius 2 is 2.05 bits per heavy atom. The molecule has 1 aliphatic heterocycles. The van der Waals surface area contributed by atoms with E-state index in [-0.39, 0.29) is 12.3 Å². The fourth-order valence-corrected chi connectivity index (χ4v) is 4.93. The van der Waals surface area contributed by atoms with Crippen LogP contribution in [0.2, 0.25) is 0 Å². The van der Waals surface area contributed by atoms with E-state index >= 15 is 0 Å². The summed E-state index contributed by atoms with van der Waals surface area (Å²) in [6.07, 6.45) is 0. The Balaban J connectivity index is 2.20. The molecule has 104 valence electrons. The number of carboxylic acids is 1. The van der Waals surface area contributed by atoms with Crippen molar-refractivity contribution in [2.45, 2.75) is 11.8 Å². The molecule has 0 saturated carbocycles. The summed E-state index contributed by atoms with van der Waals surface area (Å²) in [5.41, 5.74) is 0.671. The molecule has 0 bridgehead atoms. The van der Waals surface area contributed by atoms with Crippen LogP contribution in [0.5, 0.6) is 0 Å². The maximum Gasteiger partial charge on any atom is 0.322 e. The monoisotopic (exact) mass is 301 g/mol. The van der Waals surface area contributed by atoms with Gasteiger partial charge in [-0.15, -0.1) is 0 Å². The Morgan fingerprint density at radius 1 is 1.37 bits per heavy atom. The minimum absolute atomic E-state index is 0.151. The molecular formula is C12H15NO4S2. The fourth-order valence-electron chi connectivity index (χ4n) is 1.98. The first-order valence-electron chi connectivity index (χ1n) is 5.85. The number of carbonyl (C=O) groups is 1. The van der Waals surface area contributed by atoms with E-state index < -0.39 is 22.0 Å². The van der Waals surface area contributed by atoms with E-state index in [0.29, 0.717) is 17.1 Å². The fraction of sp³-hybridized carbons (Fsp3) is 0.417. The molecule has 0 spiro atoms. The predicted molar refractivity (Wildman–Crippen MR) is 74.5 cm³/mol. The Morgan fingerprint density at radius 3 is 2.68 bits per heavy atom. The van der Waals surface area contributed by atoms with Crippen molar-refractivity contribution in [3.05, 3.63) is 35.9 Å². The Labute approximate surface area is 116 Å². The SMILES string of the molecule is O=C(O)C1CSCCN1S(=O)(=O)Cc1ccccc1. The van der Waals surface area contributed by atoms with E-state index in [2.05, 4.69) is 0 Å². The molecule has 7 heteroatoms. The normalized spacial score (nSPS) is 21.2. The number of thioether (sulfide) groups is 1. The molecule has 1 unspecified atom stereocenters. The van der Waals surface area contributed by atoms with Gasteiger partial charge >= 0.3 is 5.97 Å². The maximum atomic E-state index is 12.3. The van der Waals surface area contributed by atoms with Crippen LogP contribution in [0.25, 0.3) is 0 Å². The zero-order chi connectivity index (χ0) is 13.9. The van der Waals surface area contributed by atoms with Crippen LogP contribution in [-0.4, -0.2) is 47.9 Å². The summed E-state index contributed by atoms with van der Waals surface area (Å²) in [5.74, 6) is -0.285. The summed E-state index contributed by atoms with van der Waals surface area (Å²) in [7, 11) is -3.59. The lowest BCUT2D eigenvalue weighted by atomic mass is 10.2. The topological polar surface area (TPSA) is 74.7 Å². The van der Waals surface area contributed by atoms with Gasteiger partial charge in [-0.25, -0.2) is 8.42 Å². The van der Waals surface area contributed by atoms with Gasteiger partial charge in [-0.2, -0.15) is 16.1 Å². The van der Waals surface area contributed by atoms with Gasteiger partial charge in [-0.05, 0) is 5.56 Å². The minimum Gasteiger partial charge on any atom is -0.480 e. The summed E-state index contributed by atoms with van der Waals surface area (Å²) in [5, 5.41) is 9.12. The van der Waals surface area contributed by atoms with Crippen LogP contribution in [0, 0.1) is 0 Å². The van der Waals surface area contributed by atoms with E-state index in [4.69, 9.17) is 5.11 Å². The number of hydrogen-bond donors (Lipinski definition) is 1. The van der Waals surface area contributed by atoms with Crippen molar-refractivity contribution in [1.82, 2.24) is 4.31 Å². The molecule has 1 aromatic carbocycles. The van der Waals surface area contributed by atoms with Gasteiger partial charge in [0.25, 0.3) is 0 Å². The third kappa shape index (κ3) is 3.49. The first kappa shape index (κ1) is 14.4. The summed E-state index contributed by atoms with van der Waals surface area (Å²) >= 11 is 1.47. The summed E-state index contributed by atoms with van der Waals surface area (Å²) in [4.78, 5) is 11.1. The highest BCUT2D eigenvalue weighted by Gasteiger charge is 2.36. The van der Waals surface area contributed by atoms with Crippen LogP contribution in [0.1, 0.15) is 5.56 Å². The van der Waals surface area contributed by atoms with Crippen LogP contribution in [-0.2, 0) is 20.6 Å². The van der Waals surface area contributed by atoms with Crippen molar-refractivity contribution in [1.29, 1.82) is 0 Å². The number of aliphatic carboxylic acids is 1. The van der Waals surface area contributed by atoms with E-state index in [1.165, 1.54) is 11.8 Å². The van der Waals surface area contributed by atoms with Crippen LogP contribution in [0.4, 0.5) is 0 Å². The largest absolute Gasteiger partial charge is 0.480 e. The summed E-state index contributed by atoms with van der Waals surface area (Å²) in [6.45, 7) is 0.261. The van der Waals surface area contributed by atoms with Gasteiger partial charge < -0.3 is 5.11 Å². The highest BCUT2D eigenvalue weighted by Crippen LogP contribution is 2.22. The molecular weight excluding hydrogens is 286 g/mol. The lowest BCUT2D eigenvalue weighted by Gasteiger charge is -2.31. The molecule has 1 atom stereocenters. The van der Waals surface area contributed by atoms with Crippen molar-refractivity contribution in [2.24, 2.45) is 0 Å². The highest BCUT2D eigenvalue weighted by molar-refractivity contribution is 7.99. The van der Waals surface area contributed by atoms with Gasteiger partial charge in [0.05, 0.1) is 5.75 Å². The molecule has 1 fully saturated rings. The molecule has 1 saturated heterocycles. The number of hydrogen-bond acceptors (Lipinski definition) is 4. The average molecular weight is 301 g/mol. The zero-order valence-corrected chi connectivity index (χ0v) is 11.9. The number of carboxylic acid groups (broad SMARTS) is 1. The number of sulfonamides is 1. The van der Waals surface area contributed by atoms with Gasteiger partial charge in [-0.1, -0.05) is 30.3 Å². The molecule has 1 aromatic rings.